The van der Waals surface area contributed by atoms with Crippen LogP contribution in [0.5, 0.6) is 0 Å². The molecule has 0 radical (unpaired) electrons. The van der Waals surface area contributed by atoms with E-state index in [4.69, 9.17) is 0 Å². The maximum atomic E-state index is 4.57. The number of nitrogens with zero attached hydrogens (tertiary/aromatic N) is 1. The lowest BCUT2D eigenvalue weighted by Gasteiger charge is -2.01. The molecule has 0 N–H and O–H groups in total. The van der Waals surface area contributed by atoms with Gasteiger partial charge in [-0.25, -0.2) is 0 Å². The number of hydrogen-bond acceptors (Lipinski definition) is 2. The Morgan fingerprint density at radius 3 is 3.08 bits per heavy atom. The Balaban J connectivity index is 2.63. The largest absolute Gasteiger partial charge is 0.257 e. The van der Waals surface area contributed by atoms with Gasteiger partial charge in [0.15, 0.2) is 0 Å². The van der Waals surface area contributed by atoms with Gasteiger partial charge in [-0.1, -0.05) is 13.3 Å². The summed E-state index contributed by atoms with van der Waals surface area (Å²) in [5.74, 6) is 0. The van der Waals surface area contributed by atoms with Crippen LogP contribution in [-0.4, -0.2) is 4.98 Å². The van der Waals surface area contributed by atoms with Crippen LogP contribution in [0.25, 0.3) is 10.1 Å². The predicted molar refractivity (Wildman–Crippen MR) is 58.4 cm³/mol. The van der Waals surface area contributed by atoms with Crippen LogP contribution in [0.4, 0.5) is 0 Å². The molecule has 0 fully saturated rings. The van der Waals surface area contributed by atoms with Crippen molar-refractivity contribution in [3.05, 3.63) is 28.9 Å². The summed E-state index contributed by atoms with van der Waals surface area (Å²) in [5.41, 5.74) is 2.40. The lowest BCUT2D eigenvalue weighted by molar-refractivity contribution is 0.887. The van der Waals surface area contributed by atoms with E-state index in [2.05, 4.69) is 36.3 Å². The topological polar surface area (TPSA) is 12.9 Å². The fraction of sp³-hybridized carbons (Fsp3) is 0.364. The van der Waals surface area contributed by atoms with Crippen molar-refractivity contribution in [1.82, 2.24) is 4.98 Å². The molecule has 0 saturated carbocycles. The third-order valence-electron chi connectivity index (χ3n) is 2.12. The van der Waals surface area contributed by atoms with Crippen molar-refractivity contribution in [1.29, 1.82) is 0 Å². The van der Waals surface area contributed by atoms with E-state index in [1.54, 1.807) is 11.3 Å². The standard InChI is InChI=1S/C11H13NS/c1-3-4-10-11-9(5-6-13-11)7-8(2)12-10/h5-7H,3-4H2,1-2H3. The summed E-state index contributed by atoms with van der Waals surface area (Å²) in [7, 11) is 0. The summed E-state index contributed by atoms with van der Waals surface area (Å²) in [6, 6.07) is 4.33. The average molecular weight is 191 g/mol. The quantitative estimate of drug-likeness (QED) is 0.707. The van der Waals surface area contributed by atoms with Gasteiger partial charge in [0.05, 0.1) is 10.4 Å². The monoisotopic (exact) mass is 191 g/mol. The smallest absolute Gasteiger partial charge is 0.0584 e. The summed E-state index contributed by atoms with van der Waals surface area (Å²) in [4.78, 5) is 4.57. The first-order valence-corrected chi connectivity index (χ1v) is 5.53. The van der Waals surface area contributed by atoms with E-state index in [9.17, 15) is 0 Å². The number of aryl methyl sites for hydroxylation is 2. The number of pyridine rings is 1. The van der Waals surface area contributed by atoms with Crippen LogP contribution in [0.3, 0.4) is 0 Å². The average Bonchev–Trinajstić information content (AvgIpc) is 2.52. The minimum absolute atomic E-state index is 1.10. The number of thiophene rings is 1. The highest BCUT2D eigenvalue weighted by Crippen LogP contribution is 2.25. The van der Waals surface area contributed by atoms with E-state index in [1.165, 1.54) is 22.2 Å². The molecule has 0 bridgehead atoms. The molecule has 0 aliphatic heterocycles. The lowest BCUT2D eigenvalue weighted by atomic mass is 10.2. The number of rotatable bonds is 2. The molecule has 0 aliphatic rings. The van der Waals surface area contributed by atoms with Crippen molar-refractivity contribution < 1.29 is 0 Å². The molecule has 1 nitrogen and oxygen atoms in total. The zero-order chi connectivity index (χ0) is 9.26. The van der Waals surface area contributed by atoms with Crippen LogP contribution in [0.2, 0.25) is 0 Å². The van der Waals surface area contributed by atoms with Crippen molar-refractivity contribution in [2.45, 2.75) is 26.7 Å². The van der Waals surface area contributed by atoms with Gasteiger partial charge in [0, 0.05) is 5.69 Å². The summed E-state index contributed by atoms with van der Waals surface area (Å²) < 4.78 is 1.37. The van der Waals surface area contributed by atoms with E-state index >= 15 is 0 Å². The summed E-state index contributed by atoms with van der Waals surface area (Å²) in [6.45, 7) is 4.26. The van der Waals surface area contributed by atoms with E-state index in [-0.39, 0.29) is 0 Å². The van der Waals surface area contributed by atoms with Gasteiger partial charge < -0.3 is 0 Å². The minimum atomic E-state index is 1.10. The third kappa shape index (κ3) is 1.59. The molecule has 0 saturated heterocycles. The summed E-state index contributed by atoms with van der Waals surface area (Å²) in [5, 5.41) is 3.49. The van der Waals surface area contributed by atoms with Crippen LogP contribution in [0.1, 0.15) is 24.7 Å². The molecule has 2 rings (SSSR count). The fourth-order valence-electron chi connectivity index (χ4n) is 1.59. The number of fused-ring (bicyclic) bond motifs is 1. The van der Waals surface area contributed by atoms with Gasteiger partial charge in [-0.05, 0) is 36.2 Å². The van der Waals surface area contributed by atoms with E-state index in [1.807, 2.05) is 0 Å². The van der Waals surface area contributed by atoms with Crippen LogP contribution >= 0.6 is 11.3 Å². The Morgan fingerprint density at radius 1 is 1.46 bits per heavy atom. The molecule has 2 heteroatoms. The maximum Gasteiger partial charge on any atom is 0.0584 e. The van der Waals surface area contributed by atoms with Crippen LogP contribution < -0.4 is 0 Å². The molecule has 0 aromatic carbocycles. The van der Waals surface area contributed by atoms with Crippen molar-refractivity contribution in [2.75, 3.05) is 0 Å². The fourth-order valence-corrected chi connectivity index (χ4v) is 2.49. The van der Waals surface area contributed by atoms with E-state index in [0.29, 0.717) is 0 Å². The molecule has 0 aliphatic carbocycles. The molecule has 2 aromatic rings. The highest BCUT2D eigenvalue weighted by molar-refractivity contribution is 7.17. The molecular weight excluding hydrogens is 178 g/mol. The van der Waals surface area contributed by atoms with Crippen molar-refractivity contribution in [3.63, 3.8) is 0 Å². The Kier molecular flexibility index (Phi) is 2.32. The molecule has 2 aromatic heterocycles. The maximum absolute atomic E-state index is 4.57. The highest BCUT2D eigenvalue weighted by Gasteiger charge is 2.03. The Morgan fingerprint density at radius 2 is 2.31 bits per heavy atom. The first kappa shape index (κ1) is 8.70. The number of aromatic nitrogens is 1. The second-order valence-corrected chi connectivity index (χ2v) is 4.22. The second-order valence-electron chi connectivity index (χ2n) is 3.30. The van der Waals surface area contributed by atoms with Crippen LogP contribution in [0.15, 0.2) is 17.5 Å². The zero-order valence-electron chi connectivity index (χ0n) is 8.00. The molecule has 0 spiro atoms. The van der Waals surface area contributed by atoms with Crippen LogP contribution in [0, 0.1) is 6.92 Å². The summed E-state index contributed by atoms with van der Waals surface area (Å²) >= 11 is 1.80. The molecule has 13 heavy (non-hydrogen) atoms. The normalized spacial score (nSPS) is 10.9. The highest BCUT2D eigenvalue weighted by atomic mass is 32.1. The molecule has 68 valence electrons. The first-order valence-electron chi connectivity index (χ1n) is 4.65. The van der Waals surface area contributed by atoms with Gasteiger partial charge >= 0.3 is 0 Å². The Hall–Kier alpha value is -0.890. The van der Waals surface area contributed by atoms with Gasteiger partial charge in [0.2, 0.25) is 0 Å². The van der Waals surface area contributed by atoms with Gasteiger partial charge in [0.25, 0.3) is 0 Å². The van der Waals surface area contributed by atoms with E-state index < -0.39 is 0 Å². The second kappa shape index (κ2) is 3.46. The van der Waals surface area contributed by atoms with Gasteiger partial charge in [-0.3, -0.25) is 4.98 Å². The van der Waals surface area contributed by atoms with Crippen LogP contribution in [-0.2, 0) is 6.42 Å². The predicted octanol–water partition coefficient (Wildman–Crippen LogP) is 3.56. The molecule has 2 heterocycles. The molecule has 0 unspecified atom stereocenters. The summed E-state index contributed by atoms with van der Waals surface area (Å²) in [6.07, 6.45) is 2.27. The van der Waals surface area contributed by atoms with Crippen molar-refractivity contribution in [2.24, 2.45) is 0 Å². The zero-order valence-corrected chi connectivity index (χ0v) is 8.82. The van der Waals surface area contributed by atoms with Gasteiger partial charge in [-0.2, -0.15) is 0 Å². The molecule has 0 amide bonds. The first-order chi connectivity index (χ1) is 6.31. The third-order valence-corrected chi connectivity index (χ3v) is 3.10. The van der Waals surface area contributed by atoms with Crippen molar-refractivity contribution in [3.8, 4) is 0 Å². The van der Waals surface area contributed by atoms with Gasteiger partial charge in [-0.15, -0.1) is 11.3 Å². The minimum Gasteiger partial charge on any atom is -0.257 e. The number of hydrogen-bond donors (Lipinski definition) is 0. The molecular formula is C11H13NS. The van der Waals surface area contributed by atoms with Gasteiger partial charge in [0.1, 0.15) is 0 Å². The Bertz CT molecular complexity index is 417. The van der Waals surface area contributed by atoms with E-state index in [0.717, 1.165) is 12.1 Å². The Labute approximate surface area is 82.4 Å². The SMILES string of the molecule is CCCc1nc(C)cc2ccsc12. The van der Waals surface area contributed by atoms with Crippen molar-refractivity contribution >= 4 is 21.4 Å². The lowest BCUT2D eigenvalue weighted by Crippen LogP contribution is -1.91. The molecule has 0 atom stereocenters.